The number of hydrogen-bond acceptors (Lipinski definition) is 6. The maximum absolute atomic E-state index is 6.65. The molecule has 0 unspecified atom stereocenters. The summed E-state index contributed by atoms with van der Waals surface area (Å²) in [5.74, 6) is 3.56. The van der Waals surface area contributed by atoms with E-state index in [1.54, 1.807) is 0 Å². The van der Waals surface area contributed by atoms with E-state index < -0.39 is 0 Å². The number of hydrogen-bond donors (Lipinski definition) is 0. The molecule has 4 heterocycles. The van der Waals surface area contributed by atoms with E-state index in [2.05, 4.69) is 149 Å². The van der Waals surface area contributed by atoms with Gasteiger partial charge in [-0.3, -0.25) is 0 Å². The van der Waals surface area contributed by atoms with E-state index in [1.807, 2.05) is 47.0 Å². The molecule has 0 fully saturated rings. The third kappa shape index (κ3) is 7.02. The van der Waals surface area contributed by atoms with Crippen LogP contribution in [0, 0.1) is 13.8 Å². The smallest absolute Gasteiger partial charge is 0.247 e. The zero-order valence-electron chi connectivity index (χ0n) is 34.4. The maximum atomic E-state index is 6.65. The first-order valence-electron chi connectivity index (χ1n) is 21.4. The standard InChI is InChI=1S/C52H44B2O2S4/c1-5-7-9-33-13-17-35(18-14-33)55-37-25-47-51-49(27-37)59-45-30-46-42(29-41(45)53(51)39-21-11-31(3)23-43(39)57-47)54-40-22-12-32(4)24-44(40)58-48-26-38(28-50(60-46)52(48)54)56-36-19-15-34(16-20-36)10-8-6-2/h11-30H,5-10H2,1-4H3. The van der Waals surface area contributed by atoms with Crippen molar-refractivity contribution in [3.63, 3.8) is 0 Å². The van der Waals surface area contributed by atoms with Crippen molar-refractivity contribution in [3.8, 4) is 23.0 Å². The van der Waals surface area contributed by atoms with Gasteiger partial charge in [0.15, 0.2) is 0 Å². The Balaban J connectivity index is 1.01. The van der Waals surface area contributed by atoms with Crippen molar-refractivity contribution >= 4 is 93.2 Å². The van der Waals surface area contributed by atoms with Crippen molar-refractivity contribution in [2.45, 2.75) is 105 Å². The lowest BCUT2D eigenvalue weighted by Gasteiger charge is -2.37. The topological polar surface area (TPSA) is 18.5 Å². The SMILES string of the molecule is CCCCc1ccc(Oc2cc3c4c(c2)Sc2cc5c(cc2B4c2ccc(C)cc2S3)B2c3ccc(C)cc3Sc3cc(Oc4ccc(CCCC)cc4)cc(c32)S5)cc1. The summed E-state index contributed by atoms with van der Waals surface area (Å²) >= 11 is 7.60. The Morgan fingerprint density at radius 3 is 1.15 bits per heavy atom. The van der Waals surface area contributed by atoms with E-state index >= 15 is 0 Å². The normalized spacial score (nSPS) is 13.7. The van der Waals surface area contributed by atoms with Gasteiger partial charge in [0.05, 0.1) is 0 Å². The van der Waals surface area contributed by atoms with Crippen LogP contribution in [-0.4, -0.2) is 13.4 Å². The van der Waals surface area contributed by atoms with Crippen LogP contribution >= 0.6 is 47.0 Å². The molecule has 0 saturated carbocycles. The summed E-state index contributed by atoms with van der Waals surface area (Å²) < 4.78 is 13.3. The lowest BCUT2D eigenvalue weighted by molar-refractivity contribution is 0.479. The molecule has 4 aliphatic rings. The first-order valence-corrected chi connectivity index (χ1v) is 24.7. The molecule has 0 bridgehead atoms. The Morgan fingerprint density at radius 2 is 0.767 bits per heavy atom. The summed E-state index contributed by atoms with van der Waals surface area (Å²) in [5.41, 5.74) is 13.8. The molecule has 7 aromatic carbocycles. The second-order valence-electron chi connectivity index (χ2n) is 16.7. The average Bonchev–Trinajstić information content (AvgIpc) is 3.24. The van der Waals surface area contributed by atoms with Gasteiger partial charge < -0.3 is 9.47 Å². The van der Waals surface area contributed by atoms with Crippen LogP contribution in [0.25, 0.3) is 0 Å². The highest BCUT2D eigenvalue weighted by Gasteiger charge is 2.43. The van der Waals surface area contributed by atoms with Crippen LogP contribution in [0.2, 0.25) is 0 Å². The number of rotatable bonds is 10. The van der Waals surface area contributed by atoms with Crippen molar-refractivity contribution in [2.24, 2.45) is 0 Å². The molecule has 60 heavy (non-hydrogen) atoms. The van der Waals surface area contributed by atoms with Crippen LogP contribution in [0.3, 0.4) is 0 Å². The van der Waals surface area contributed by atoms with Crippen LogP contribution in [-0.2, 0) is 12.8 Å². The maximum Gasteiger partial charge on any atom is 0.247 e. The minimum atomic E-state index is 0.144. The Labute approximate surface area is 372 Å². The molecule has 7 aromatic rings. The van der Waals surface area contributed by atoms with Crippen molar-refractivity contribution in [1.82, 2.24) is 0 Å². The fraction of sp³-hybridized carbons (Fsp3) is 0.192. The molecule has 8 heteroatoms. The molecular formula is C52H44B2O2S4. The summed E-state index contributed by atoms with van der Waals surface area (Å²) in [6.45, 7) is 9.20. The number of ether oxygens (including phenoxy) is 2. The fourth-order valence-electron chi connectivity index (χ4n) is 9.25. The highest BCUT2D eigenvalue weighted by Crippen LogP contribution is 2.45. The first-order chi connectivity index (χ1) is 29.4. The van der Waals surface area contributed by atoms with Crippen molar-refractivity contribution in [1.29, 1.82) is 0 Å². The predicted molar refractivity (Wildman–Crippen MR) is 258 cm³/mol. The van der Waals surface area contributed by atoms with E-state index in [1.165, 1.54) is 120 Å². The highest BCUT2D eigenvalue weighted by molar-refractivity contribution is 8.02. The van der Waals surface area contributed by atoms with Gasteiger partial charge in [0.2, 0.25) is 13.4 Å². The van der Waals surface area contributed by atoms with Gasteiger partial charge in [-0.1, -0.05) is 161 Å². The lowest BCUT2D eigenvalue weighted by atomic mass is 9.33. The zero-order chi connectivity index (χ0) is 40.5. The van der Waals surface area contributed by atoms with Crippen LogP contribution in [0.5, 0.6) is 23.0 Å². The first kappa shape index (κ1) is 38.6. The zero-order valence-corrected chi connectivity index (χ0v) is 37.7. The molecule has 294 valence electrons. The fourth-order valence-corrected chi connectivity index (χ4v) is 14.5. The van der Waals surface area contributed by atoms with Gasteiger partial charge in [-0.05, 0) is 128 Å². The molecule has 0 atom stereocenters. The van der Waals surface area contributed by atoms with E-state index in [4.69, 9.17) is 9.47 Å². The van der Waals surface area contributed by atoms with Gasteiger partial charge in [-0.25, -0.2) is 0 Å². The summed E-state index contributed by atoms with van der Waals surface area (Å²) in [6, 6.07) is 45.7. The molecule has 0 aliphatic carbocycles. The van der Waals surface area contributed by atoms with E-state index in [9.17, 15) is 0 Å². The van der Waals surface area contributed by atoms with Gasteiger partial charge in [0.1, 0.15) is 23.0 Å². The summed E-state index contributed by atoms with van der Waals surface area (Å²) in [7, 11) is 0. The van der Waals surface area contributed by atoms with Crippen LogP contribution in [0.4, 0.5) is 0 Å². The Hall–Kier alpha value is -4.33. The second kappa shape index (κ2) is 15.9. The third-order valence-corrected chi connectivity index (χ3v) is 16.8. The summed E-state index contributed by atoms with van der Waals surface area (Å²) in [6.07, 6.45) is 7.03. The molecule has 11 rings (SSSR count). The Morgan fingerprint density at radius 1 is 0.383 bits per heavy atom. The van der Waals surface area contributed by atoms with E-state index in [0.29, 0.717) is 0 Å². The van der Waals surface area contributed by atoms with Crippen LogP contribution < -0.4 is 42.3 Å². The molecule has 0 aromatic heterocycles. The van der Waals surface area contributed by atoms with Crippen LogP contribution in [0.1, 0.15) is 61.8 Å². The minimum absolute atomic E-state index is 0.144. The molecule has 0 N–H and O–H groups in total. The quantitative estimate of drug-likeness (QED) is 0.127. The van der Waals surface area contributed by atoms with Gasteiger partial charge in [-0.2, -0.15) is 0 Å². The van der Waals surface area contributed by atoms with Crippen molar-refractivity contribution in [2.75, 3.05) is 0 Å². The average molecular weight is 851 g/mol. The number of fused-ring (bicyclic) bond motifs is 8. The monoisotopic (exact) mass is 850 g/mol. The largest absolute Gasteiger partial charge is 0.457 e. The van der Waals surface area contributed by atoms with Gasteiger partial charge in [-0.15, -0.1) is 0 Å². The molecule has 0 spiro atoms. The molecule has 4 aliphatic heterocycles. The van der Waals surface area contributed by atoms with Gasteiger partial charge in [0, 0.05) is 39.2 Å². The van der Waals surface area contributed by atoms with Crippen molar-refractivity contribution in [3.05, 3.63) is 144 Å². The number of unbranched alkanes of at least 4 members (excludes halogenated alkanes) is 2. The second-order valence-corrected chi connectivity index (χ2v) is 21.0. The van der Waals surface area contributed by atoms with E-state index in [0.717, 1.165) is 35.8 Å². The summed E-state index contributed by atoms with van der Waals surface area (Å²) in [5, 5.41) is 0. The van der Waals surface area contributed by atoms with Gasteiger partial charge in [0.25, 0.3) is 0 Å². The molecule has 0 radical (unpaired) electrons. The number of aryl methyl sites for hydroxylation is 4. The molecule has 0 amide bonds. The Bertz CT molecular complexity index is 2650. The highest BCUT2D eigenvalue weighted by atomic mass is 32.2. The lowest BCUT2D eigenvalue weighted by Crippen LogP contribution is -2.62. The van der Waals surface area contributed by atoms with E-state index in [-0.39, 0.29) is 13.4 Å². The van der Waals surface area contributed by atoms with Crippen LogP contribution in [0.15, 0.2) is 160 Å². The molecular weight excluding hydrogens is 806 g/mol. The van der Waals surface area contributed by atoms with Gasteiger partial charge >= 0.3 is 0 Å². The molecule has 2 nitrogen and oxygen atoms in total. The van der Waals surface area contributed by atoms with Crippen molar-refractivity contribution < 1.29 is 9.47 Å². The molecule has 0 saturated heterocycles. The third-order valence-electron chi connectivity index (χ3n) is 12.3. The summed E-state index contributed by atoms with van der Waals surface area (Å²) in [4.78, 5) is 10.5. The minimum Gasteiger partial charge on any atom is -0.457 e. The number of benzene rings is 7. The Kier molecular flexibility index (Phi) is 10.2. The predicted octanol–water partition coefficient (Wildman–Crippen LogP) is 11.5.